The average molecular weight is 355 g/mol. The van der Waals surface area contributed by atoms with Gasteiger partial charge in [-0.15, -0.1) is 0 Å². The molecule has 5 nitrogen and oxygen atoms in total. The first-order chi connectivity index (χ1) is 12.7. The summed E-state index contributed by atoms with van der Waals surface area (Å²) >= 11 is 0. The Morgan fingerprint density at radius 3 is 2.54 bits per heavy atom. The highest BCUT2D eigenvalue weighted by molar-refractivity contribution is 5.89. The van der Waals surface area contributed by atoms with Gasteiger partial charge in [0.1, 0.15) is 0 Å². The lowest BCUT2D eigenvalue weighted by molar-refractivity contribution is -0.137. The number of carbonyl (C=O) groups excluding carboxylic acids is 2. The molecule has 3 aliphatic heterocycles. The summed E-state index contributed by atoms with van der Waals surface area (Å²) in [7, 11) is 0. The van der Waals surface area contributed by atoms with Gasteiger partial charge < -0.3 is 9.80 Å². The van der Waals surface area contributed by atoms with E-state index in [-0.39, 0.29) is 17.7 Å². The number of piperidine rings is 1. The van der Waals surface area contributed by atoms with E-state index in [0.29, 0.717) is 25.6 Å². The number of hydrogen-bond donors (Lipinski definition) is 0. The van der Waals surface area contributed by atoms with Gasteiger partial charge in [-0.3, -0.25) is 14.5 Å². The number of fused-ring (bicyclic) bond motifs is 1. The Morgan fingerprint density at radius 2 is 1.85 bits per heavy atom. The molecule has 0 radical (unpaired) electrons. The molecule has 0 spiro atoms. The van der Waals surface area contributed by atoms with Crippen LogP contribution >= 0.6 is 0 Å². The predicted molar refractivity (Wildman–Crippen MR) is 101 cm³/mol. The minimum Gasteiger partial charge on any atom is -0.342 e. The molecule has 0 saturated carbocycles. The molecule has 0 unspecified atom stereocenters. The lowest BCUT2D eigenvalue weighted by atomic mass is 9.95. The molecule has 5 heteroatoms. The SMILES string of the molecule is CCN1C[C@@H](C(=O)N2CCC(N3CCc4ccccc4C3)CC2)CC1=O. The van der Waals surface area contributed by atoms with Gasteiger partial charge in [0.15, 0.2) is 0 Å². The smallest absolute Gasteiger partial charge is 0.227 e. The Labute approximate surface area is 155 Å². The number of benzene rings is 1. The topological polar surface area (TPSA) is 43.9 Å². The maximum absolute atomic E-state index is 12.8. The molecule has 1 atom stereocenters. The van der Waals surface area contributed by atoms with Gasteiger partial charge in [0, 0.05) is 51.7 Å². The van der Waals surface area contributed by atoms with Crippen LogP contribution in [0.5, 0.6) is 0 Å². The minimum absolute atomic E-state index is 0.124. The van der Waals surface area contributed by atoms with Crippen molar-refractivity contribution >= 4 is 11.8 Å². The van der Waals surface area contributed by atoms with E-state index in [9.17, 15) is 9.59 Å². The van der Waals surface area contributed by atoms with E-state index in [1.54, 1.807) is 4.90 Å². The highest BCUT2D eigenvalue weighted by Crippen LogP contribution is 2.27. The van der Waals surface area contributed by atoms with Crippen LogP contribution in [-0.4, -0.2) is 65.3 Å². The van der Waals surface area contributed by atoms with E-state index in [2.05, 4.69) is 29.2 Å². The van der Waals surface area contributed by atoms with E-state index < -0.39 is 0 Å². The second-order valence-electron chi connectivity index (χ2n) is 7.88. The fourth-order valence-electron chi connectivity index (χ4n) is 4.78. The number of amides is 2. The van der Waals surface area contributed by atoms with Gasteiger partial charge in [-0.2, -0.15) is 0 Å². The fraction of sp³-hybridized carbons (Fsp3) is 0.619. The third-order valence-electron chi connectivity index (χ3n) is 6.40. The normalized spacial score (nSPS) is 24.8. The summed E-state index contributed by atoms with van der Waals surface area (Å²) in [6, 6.07) is 9.33. The molecule has 0 aromatic heterocycles. The molecular weight excluding hydrogens is 326 g/mol. The first-order valence-corrected chi connectivity index (χ1v) is 10.0. The van der Waals surface area contributed by atoms with Gasteiger partial charge in [0.05, 0.1) is 5.92 Å². The Hall–Kier alpha value is -1.88. The number of likely N-dealkylation sites (tertiary alicyclic amines) is 2. The lowest BCUT2D eigenvalue weighted by Crippen LogP contribution is -2.49. The molecule has 2 amide bonds. The zero-order valence-electron chi connectivity index (χ0n) is 15.7. The molecule has 4 rings (SSSR count). The van der Waals surface area contributed by atoms with E-state index in [4.69, 9.17) is 0 Å². The number of hydrogen-bond acceptors (Lipinski definition) is 3. The molecule has 1 aromatic carbocycles. The molecule has 0 aliphatic carbocycles. The monoisotopic (exact) mass is 355 g/mol. The van der Waals surface area contributed by atoms with Crippen LogP contribution in [0.3, 0.4) is 0 Å². The molecule has 3 heterocycles. The standard InChI is InChI=1S/C21H29N3O2/c1-2-22-15-18(13-20(22)25)21(26)23-11-8-19(9-12-23)24-10-7-16-5-3-4-6-17(16)14-24/h3-6,18-19H,2,7-15H2,1H3/t18-/m0/s1. The Balaban J connectivity index is 1.31. The summed E-state index contributed by atoms with van der Waals surface area (Å²) < 4.78 is 0. The Morgan fingerprint density at radius 1 is 1.12 bits per heavy atom. The molecular formula is C21H29N3O2. The van der Waals surface area contributed by atoms with Gasteiger partial charge in [-0.1, -0.05) is 24.3 Å². The summed E-state index contributed by atoms with van der Waals surface area (Å²) in [5, 5.41) is 0. The van der Waals surface area contributed by atoms with Crippen molar-refractivity contribution in [2.45, 2.75) is 45.2 Å². The Kier molecular flexibility index (Phi) is 4.98. The molecule has 26 heavy (non-hydrogen) atoms. The van der Waals surface area contributed by atoms with Crippen molar-refractivity contribution in [3.05, 3.63) is 35.4 Å². The van der Waals surface area contributed by atoms with Crippen molar-refractivity contribution in [1.29, 1.82) is 0 Å². The summed E-state index contributed by atoms with van der Waals surface area (Å²) in [5.41, 5.74) is 2.95. The zero-order chi connectivity index (χ0) is 18.1. The van der Waals surface area contributed by atoms with Gasteiger partial charge in [-0.05, 0) is 37.3 Å². The molecule has 0 bridgehead atoms. The van der Waals surface area contributed by atoms with Crippen LogP contribution in [0.15, 0.2) is 24.3 Å². The second-order valence-corrected chi connectivity index (χ2v) is 7.88. The highest BCUT2D eigenvalue weighted by Gasteiger charge is 2.37. The van der Waals surface area contributed by atoms with Crippen LogP contribution in [0.25, 0.3) is 0 Å². The van der Waals surface area contributed by atoms with Crippen molar-refractivity contribution in [3.8, 4) is 0 Å². The summed E-state index contributed by atoms with van der Waals surface area (Å²) in [5.74, 6) is 0.199. The van der Waals surface area contributed by atoms with Crippen LogP contribution in [0, 0.1) is 5.92 Å². The van der Waals surface area contributed by atoms with Crippen molar-refractivity contribution < 1.29 is 9.59 Å². The average Bonchev–Trinajstić information content (AvgIpc) is 3.08. The number of carbonyl (C=O) groups is 2. The quantitative estimate of drug-likeness (QED) is 0.832. The number of nitrogens with zero attached hydrogens (tertiary/aromatic N) is 3. The highest BCUT2D eigenvalue weighted by atomic mass is 16.2. The van der Waals surface area contributed by atoms with Gasteiger partial charge in [0.25, 0.3) is 0 Å². The lowest BCUT2D eigenvalue weighted by Gasteiger charge is -2.41. The molecule has 140 valence electrons. The zero-order valence-corrected chi connectivity index (χ0v) is 15.7. The largest absolute Gasteiger partial charge is 0.342 e. The molecule has 1 aromatic rings. The van der Waals surface area contributed by atoms with Gasteiger partial charge in [-0.25, -0.2) is 0 Å². The molecule has 2 fully saturated rings. The van der Waals surface area contributed by atoms with E-state index in [1.807, 2.05) is 11.8 Å². The third kappa shape index (κ3) is 3.37. The van der Waals surface area contributed by atoms with Crippen LogP contribution in [0.1, 0.15) is 37.3 Å². The van der Waals surface area contributed by atoms with Crippen molar-refractivity contribution in [1.82, 2.24) is 14.7 Å². The van der Waals surface area contributed by atoms with Gasteiger partial charge in [0.2, 0.25) is 11.8 Å². The van der Waals surface area contributed by atoms with Crippen molar-refractivity contribution in [2.75, 3.05) is 32.7 Å². The first kappa shape index (κ1) is 17.5. The molecule has 0 N–H and O–H groups in total. The number of rotatable bonds is 3. The van der Waals surface area contributed by atoms with E-state index in [0.717, 1.165) is 45.4 Å². The van der Waals surface area contributed by atoms with E-state index in [1.165, 1.54) is 11.1 Å². The summed E-state index contributed by atoms with van der Waals surface area (Å²) in [6.45, 7) is 7.12. The van der Waals surface area contributed by atoms with Gasteiger partial charge >= 0.3 is 0 Å². The van der Waals surface area contributed by atoms with Crippen LogP contribution in [0.4, 0.5) is 0 Å². The van der Waals surface area contributed by atoms with Crippen molar-refractivity contribution in [3.63, 3.8) is 0 Å². The first-order valence-electron chi connectivity index (χ1n) is 10.0. The maximum atomic E-state index is 12.8. The van der Waals surface area contributed by atoms with Crippen molar-refractivity contribution in [2.24, 2.45) is 5.92 Å². The van der Waals surface area contributed by atoms with Crippen LogP contribution < -0.4 is 0 Å². The molecule has 2 saturated heterocycles. The fourth-order valence-corrected chi connectivity index (χ4v) is 4.78. The van der Waals surface area contributed by atoms with Crippen LogP contribution in [0.2, 0.25) is 0 Å². The molecule has 3 aliphatic rings. The minimum atomic E-state index is -0.124. The summed E-state index contributed by atoms with van der Waals surface area (Å²) in [4.78, 5) is 31.1. The Bertz CT molecular complexity index is 682. The maximum Gasteiger partial charge on any atom is 0.227 e. The van der Waals surface area contributed by atoms with Crippen LogP contribution in [-0.2, 0) is 22.6 Å². The van der Waals surface area contributed by atoms with E-state index >= 15 is 0 Å². The summed E-state index contributed by atoms with van der Waals surface area (Å²) in [6.07, 6.45) is 3.62. The third-order valence-corrected chi connectivity index (χ3v) is 6.40. The second kappa shape index (κ2) is 7.39. The predicted octanol–water partition coefficient (Wildman–Crippen LogP) is 1.90.